The summed E-state index contributed by atoms with van der Waals surface area (Å²) in [6.45, 7) is 8.26. The van der Waals surface area contributed by atoms with Crippen molar-refractivity contribution >= 4 is 0 Å². The maximum Gasteiger partial charge on any atom is 0.0769 e. The number of hydrogen-bond acceptors (Lipinski definition) is 2. The minimum Gasteiger partial charge on any atom is -0.389 e. The van der Waals surface area contributed by atoms with Crippen LogP contribution in [0.1, 0.15) is 43.5 Å². The van der Waals surface area contributed by atoms with Gasteiger partial charge in [-0.25, -0.2) is 0 Å². The van der Waals surface area contributed by atoms with E-state index in [1.807, 2.05) is 18.2 Å². The molecule has 0 aliphatic carbocycles. The third kappa shape index (κ3) is 3.05. The standard InChI is InChI=1S/C23H29NO/c1-5-16-23(25)17(2)21(19-12-8-6-9-13-19)24(4)22(18(23)3)20-14-10-7-11-15-20/h5-15,17-18,21-22,25H,1,16H2,2-4H3/t17-,18-,21-,22+,23?/m1/s1. The SMILES string of the molecule is C=CCC1(O)[C@H](C)[C@@H](c2ccccc2)N(C)[C@@H](c2ccccc2)[C@H]1C. The second-order valence-corrected chi connectivity index (χ2v) is 7.44. The summed E-state index contributed by atoms with van der Waals surface area (Å²) >= 11 is 0. The normalized spacial score (nSPS) is 33.1. The Balaban J connectivity index is 2.11. The first-order valence-electron chi connectivity index (χ1n) is 9.15. The predicted molar refractivity (Wildman–Crippen MR) is 104 cm³/mol. The molecule has 2 aromatic carbocycles. The number of hydrogen-bond donors (Lipinski definition) is 1. The highest BCUT2D eigenvalue weighted by Gasteiger charge is 2.52. The molecular formula is C23H29NO. The fraction of sp³-hybridized carbons (Fsp3) is 0.391. The summed E-state index contributed by atoms with van der Waals surface area (Å²) in [4.78, 5) is 2.44. The average molecular weight is 335 g/mol. The lowest BCUT2D eigenvalue weighted by Gasteiger charge is -2.56. The molecule has 0 amide bonds. The summed E-state index contributed by atoms with van der Waals surface area (Å²) < 4.78 is 0. The second kappa shape index (κ2) is 7.15. The van der Waals surface area contributed by atoms with Crippen molar-refractivity contribution in [2.24, 2.45) is 11.8 Å². The number of rotatable bonds is 4. The van der Waals surface area contributed by atoms with Crippen LogP contribution >= 0.6 is 0 Å². The van der Waals surface area contributed by atoms with E-state index in [2.05, 4.69) is 80.9 Å². The van der Waals surface area contributed by atoms with Gasteiger partial charge >= 0.3 is 0 Å². The molecule has 5 atom stereocenters. The van der Waals surface area contributed by atoms with E-state index in [-0.39, 0.29) is 23.9 Å². The fourth-order valence-corrected chi connectivity index (χ4v) is 4.79. The minimum absolute atomic E-state index is 0.105. The average Bonchev–Trinajstić information content (AvgIpc) is 2.63. The zero-order valence-electron chi connectivity index (χ0n) is 15.5. The molecule has 1 aliphatic rings. The van der Waals surface area contributed by atoms with E-state index in [1.54, 1.807) is 0 Å². The smallest absolute Gasteiger partial charge is 0.0769 e. The lowest BCUT2D eigenvalue weighted by molar-refractivity contribution is -0.152. The first-order chi connectivity index (χ1) is 12.0. The zero-order valence-corrected chi connectivity index (χ0v) is 15.5. The Morgan fingerprint density at radius 1 is 0.920 bits per heavy atom. The van der Waals surface area contributed by atoms with Crippen molar-refractivity contribution in [3.63, 3.8) is 0 Å². The molecule has 1 heterocycles. The van der Waals surface area contributed by atoms with Crippen molar-refractivity contribution in [1.82, 2.24) is 4.90 Å². The number of benzene rings is 2. The van der Waals surface area contributed by atoms with Gasteiger partial charge in [-0.2, -0.15) is 0 Å². The van der Waals surface area contributed by atoms with Crippen LogP contribution in [0.4, 0.5) is 0 Å². The van der Waals surface area contributed by atoms with E-state index in [9.17, 15) is 5.11 Å². The van der Waals surface area contributed by atoms with E-state index in [1.165, 1.54) is 11.1 Å². The summed E-state index contributed by atoms with van der Waals surface area (Å²) in [6, 6.07) is 21.4. The van der Waals surface area contributed by atoms with Crippen molar-refractivity contribution in [3.8, 4) is 0 Å². The van der Waals surface area contributed by atoms with Gasteiger partial charge < -0.3 is 5.11 Å². The maximum absolute atomic E-state index is 11.7. The van der Waals surface area contributed by atoms with Crippen LogP contribution in [0.5, 0.6) is 0 Å². The summed E-state index contributed by atoms with van der Waals surface area (Å²) in [7, 11) is 2.19. The molecule has 0 spiro atoms. The van der Waals surface area contributed by atoms with Gasteiger partial charge in [-0.15, -0.1) is 6.58 Å². The van der Waals surface area contributed by atoms with E-state index in [0.29, 0.717) is 6.42 Å². The van der Waals surface area contributed by atoms with Crippen LogP contribution in [0, 0.1) is 11.8 Å². The van der Waals surface area contributed by atoms with Crippen molar-refractivity contribution in [3.05, 3.63) is 84.4 Å². The van der Waals surface area contributed by atoms with Crippen LogP contribution in [0.2, 0.25) is 0 Å². The first kappa shape index (κ1) is 17.9. The van der Waals surface area contributed by atoms with Crippen molar-refractivity contribution in [2.45, 2.75) is 38.0 Å². The largest absolute Gasteiger partial charge is 0.389 e. The van der Waals surface area contributed by atoms with Gasteiger partial charge in [0.2, 0.25) is 0 Å². The molecule has 1 fully saturated rings. The van der Waals surface area contributed by atoms with Gasteiger partial charge in [-0.05, 0) is 24.6 Å². The molecule has 0 saturated carbocycles. The van der Waals surface area contributed by atoms with E-state index >= 15 is 0 Å². The number of piperidine rings is 1. The Morgan fingerprint density at radius 3 is 1.68 bits per heavy atom. The van der Waals surface area contributed by atoms with Gasteiger partial charge in [0.15, 0.2) is 0 Å². The Hall–Kier alpha value is -1.90. The Kier molecular flexibility index (Phi) is 5.12. The van der Waals surface area contributed by atoms with Gasteiger partial charge in [-0.1, -0.05) is 80.6 Å². The summed E-state index contributed by atoms with van der Waals surface area (Å²) in [5.41, 5.74) is 1.73. The third-order valence-corrected chi connectivity index (χ3v) is 6.16. The highest BCUT2D eigenvalue weighted by atomic mass is 16.3. The summed E-state index contributed by atoms with van der Waals surface area (Å²) in [5.74, 6) is 0.209. The molecule has 2 aromatic rings. The quantitative estimate of drug-likeness (QED) is 0.795. The Labute approximate surface area is 151 Å². The second-order valence-electron chi connectivity index (χ2n) is 7.44. The number of aliphatic hydroxyl groups is 1. The predicted octanol–water partition coefficient (Wildman–Crippen LogP) is 4.99. The number of nitrogens with zero attached hydrogens (tertiary/aromatic N) is 1. The molecule has 2 heteroatoms. The van der Waals surface area contributed by atoms with Crippen LogP contribution in [0.15, 0.2) is 73.3 Å². The maximum atomic E-state index is 11.7. The molecule has 3 rings (SSSR count). The highest BCUT2D eigenvalue weighted by Crippen LogP contribution is 2.53. The molecule has 132 valence electrons. The minimum atomic E-state index is -0.782. The van der Waals surface area contributed by atoms with Crippen molar-refractivity contribution in [2.75, 3.05) is 7.05 Å². The van der Waals surface area contributed by atoms with Crippen molar-refractivity contribution < 1.29 is 5.11 Å². The molecule has 1 aliphatic heterocycles. The van der Waals surface area contributed by atoms with Gasteiger partial charge in [0.1, 0.15) is 0 Å². The molecule has 1 saturated heterocycles. The highest BCUT2D eigenvalue weighted by molar-refractivity contribution is 5.28. The van der Waals surface area contributed by atoms with E-state index in [4.69, 9.17) is 0 Å². The van der Waals surface area contributed by atoms with Crippen molar-refractivity contribution in [1.29, 1.82) is 0 Å². The first-order valence-corrected chi connectivity index (χ1v) is 9.15. The summed E-state index contributed by atoms with van der Waals surface area (Å²) in [6.07, 6.45) is 2.47. The lowest BCUT2D eigenvalue weighted by Crippen LogP contribution is -2.57. The monoisotopic (exact) mass is 335 g/mol. The topological polar surface area (TPSA) is 23.5 Å². The van der Waals surface area contributed by atoms with Gasteiger partial charge in [0.05, 0.1) is 5.60 Å². The van der Waals surface area contributed by atoms with E-state index < -0.39 is 5.60 Å². The van der Waals surface area contributed by atoms with Crippen LogP contribution < -0.4 is 0 Å². The lowest BCUT2D eigenvalue weighted by atomic mass is 9.64. The van der Waals surface area contributed by atoms with E-state index in [0.717, 1.165) is 0 Å². The third-order valence-electron chi connectivity index (χ3n) is 6.16. The van der Waals surface area contributed by atoms with Gasteiger partial charge in [0, 0.05) is 23.9 Å². The van der Waals surface area contributed by atoms with Crippen LogP contribution in [0.25, 0.3) is 0 Å². The molecule has 2 nitrogen and oxygen atoms in total. The van der Waals surface area contributed by atoms with Gasteiger partial charge in [-0.3, -0.25) is 4.90 Å². The van der Waals surface area contributed by atoms with Crippen LogP contribution in [-0.4, -0.2) is 22.7 Å². The molecule has 25 heavy (non-hydrogen) atoms. The molecule has 0 aromatic heterocycles. The molecule has 1 unspecified atom stereocenters. The zero-order chi connectivity index (χ0) is 18.0. The Morgan fingerprint density at radius 2 is 1.32 bits per heavy atom. The summed E-state index contributed by atoms with van der Waals surface area (Å²) in [5, 5.41) is 11.7. The van der Waals surface area contributed by atoms with Gasteiger partial charge in [0.25, 0.3) is 0 Å². The molecular weight excluding hydrogens is 306 g/mol. The fourth-order valence-electron chi connectivity index (χ4n) is 4.79. The molecule has 0 bridgehead atoms. The molecule has 1 N–H and O–H groups in total. The van der Waals surface area contributed by atoms with Crippen LogP contribution in [0.3, 0.4) is 0 Å². The Bertz CT molecular complexity index is 643. The van der Waals surface area contributed by atoms with Crippen LogP contribution in [-0.2, 0) is 0 Å². The molecule has 0 radical (unpaired) electrons. The number of likely N-dealkylation sites (tertiary alicyclic amines) is 1.